The van der Waals surface area contributed by atoms with Gasteiger partial charge in [0.1, 0.15) is 5.75 Å². The van der Waals surface area contributed by atoms with Gasteiger partial charge in [0.25, 0.3) is 0 Å². The average molecular weight is 393 g/mol. The Kier molecular flexibility index (Phi) is 6.45. The molecular weight excluding hydrogens is 380 g/mol. The van der Waals surface area contributed by atoms with Crippen molar-refractivity contribution in [2.75, 3.05) is 0 Å². The van der Waals surface area contributed by atoms with Crippen LogP contribution in [0.3, 0.4) is 0 Å². The fourth-order valence-corrected chi connectivity index (χ4v) is 2.87. The van der Waals surface area contributed by atoms with Crippen LogP contribution in [-0.2, 0) is 11.2 Å². The van der Waals surface area contributed by atoms with Gasteiger partial charge in [-0.25, -0.2) is 4.79 Å². The van der Waals surface area contributed by atoms with Crippen LogP contribution >= 0.6 is 11.6 Å². The van der Waals surface area contributed by atoms with E-state index in [0.717, 1.165) is 11.6 Å². The Bertz CT molecular complexity index is 851. The van der Waals surface area contributed by atoms with Crippen molar-refractivity contribution in [3.05, 3.63) is 69.8 Å². The maximum absolute atomic E-state index is 13.1. The van der Waals surface area contributed by atoms with Crippen LogP contribution in [-0.4, -0.2) is 52.9 Å². The summed E-state index contributed by atoms with van der Waals surface area (Å²) in [5.74, 6) is -1.72. The Hall–Kier alpha value is -1.47. The molecule has 0 saturated heterocycles. The summed E-state index contributed by atoms with van der Waals surface area (Å²) < 4.78 is 44.3. The molecule has 1 atom stereocenters. The van der Waals surface area contributed by atoms with E-state index >= 15 is 0 Å². The van der Waals surface area contributed by atoms with E-state index in [2.05, 4.69) is 0 Å². The number of carboxylic acids is 1. The first-order chi connectivity index (χ1) is 11.8. The van der Waals surface area contributed by atoms with Crippen molar-refractivity contribution in [1.29, 1.82) is 0 Å². The van der Waals surface area contributed by atoms with Crippen molar-refractivity contribution in [2.24, 2.45) is 0 Å². The molecule has 2 aromatic rings. The second kappa shape index (κ2) is 8.05. The summed E-state index contributed by atoms with van der Waals surface area (Å²) in [6.07, 6.45) is -5.97. The minimum atomic E-state index is -4.83. The molecule has 1 heterocycles. The quantitative estimate of drug-likeness (QED) is 0.801. The Labute approximate surface area is 174 Å². The van der Waals surface area contributed by atoms with Gasteiger partial charge in [0.15, 0.2) is 0 Å². The zero-order chi connectivity index (χ0) is 18.2. The van der Waals surface area contributed by atoms with Gasteiger partial charge in [0, 0.05) is 10.6 Å². The normalized spacial score (nSPS) is 16.0. The van der Waals surface area contributed by atoms with Crippen molar-refractivity contribution in [1.82, 2.24) is 0 Å². The third-order valence-corrected chi connectivity index (χ3v) is 4.15. The van der Waals surface area contributed by atoms with Gasteiger partial charge in [0.05, 0.1) is 5.57 Å². The molecule has 1 aliphatic heterocycles. The topological polar surface area (TPSA) is 46.5 Å². The van der Waals surface area contributed by atoms with Gasteiger partial charge in [-0.3, -0.25) is 0 Å². The summed E-state index contributed by atoms with van der Waals surface area (Å²) in [5.41, 5.74) is 0.876. The van der Waals surface area contributed by atoms with Gasteiger partial charge in [-0.1, -0.05) is 41.9 Å². The molecule has 0 fully saturated rings. The van der Waals surface area contributed by atoms with Gasteiger partial charge < -0.3 is 9.84 Å². The number of hydrogen-bond acceptors (Lipinski definition) is 2. The molecule has 1 aliphatic rings. The van der Waals surface area contributed by atoms with Crippen molar-refractivity contribution in [2.45, 2.75) is 18.7 Å². The number of benzene rings is 2. The van der Waals surface area contributed by atoms with Gasteiger partial charge in [0.2, 0.25) is 6.10 Å². The van der Waals surface area contributed by atoms with Gasteiger partial charge in [-0.05, 0) is 35.8 Å². The van der Waals surface area contributed by atoms with E-state index < -0.39 is 23.8 Å². The Morgan fingerprint density at radius 3 is 2.42 bits per heavy atom. The molecule has 3 nitrogen and oxygen atoms in total. The first-order valence-electron chi connectivity index (χ1n) is 7.30. The molecule has 3 rings (SSSR count). The van der Waals surface area contributed by atoms with Crippen LogP contribution in [0.15, 0.2) is 48.0 Å². The number of alkyl halides is 3. The molecule has 0 amide bonds. The standard InChI is InChI=1S/C18H12ClF3O3.Na.H/c19-14-8-12-7-13(17(23)24)16(18(20,21)22)25-15(12)9-11(14)6-10-4-2-1-3-5-10;;/h1-5,7-9,16H,6H2,(H,23,24);;/t16-;;/m1../s1. The summed E-state index contributed by atoms with van der Waals surface area (Å²) in [4.78, 5) is 11.1. The van der Waals surface area contributed by atoms with E-state index in [1.165, 1.54) is 12.1 Å². The van der Waals surface area contributed by atoms with Gasteiger partial charge >= 0.3 is 41.7 Å². The molecule has 0 bridgehead atoms. The fraction of sp³-hybridized carbons (Fsp3) is 0.167. The van der Waals surface area contributed by atoms with Crippen molar-refractivity contribution in [3.63, 3.8) is 0 Å². The fourth-order valence-electron chi connectivity index (χ4n) is 2.63. The first-order valence-corrected chi connectivity index (χ1v) is 7.68. The summed E-state index contributed by atoms with van der Waals surface area (Å²) in [5, 5.41) is 9.37. The number of halogens is 4. The number of ether oxygens (including phenoxy) is 1. The molecule has 8 heteroatoms. The molecule has 0 saturated carbocycles. The third-order valence-electron chi connectivity index (χ3n) is 3.80. The predicted octanol–water partition coefficient (Wildman–Crippen LogP) is 4.07. The molecule has 0 aliphatic carbocycles. The number of carboxylic acid groups (broad SMARTS) is 1. The monoisotopic (exact) mass is 392 g/mol. The maximum atomic E-state index is 13.1. The number of rotatable bonds is 3. The Morgan fingerprint density at radius 2 is 1.85 bits per heavy atom. The molecule has 2 aromatic carbocycles. The molecular formula is C18H13ClF3NaO3. The summed E-state index contributed by atoms with van der Waals surface area (Å²) in [6.45, 7) is 0. The van der Waals surface area contributed by atoms with Crippen LogP contribution in [0.4, 0.5) is 13.2 Å². The zero-order valence-corrected chi connectivity index (χ0v) is 13.4. The summed E-state index contributed by atoms with van der Waals surface area (Å²) in [6, 6.07) is 12.1. The number of fused-ring (bicyclic) bond motifs is 1. The van der Waals surface area contributed by atoms with Crippen molar-refractivity contribution < 1.29 is 27.8 Å². The van der Waals surface area contributed by atoms with Crippen LogP contribution in [0.2, 0.25) is 5.02 Å². The van der Waals surface area contributed by atoms with Crippen molar-refractivity contribution >= 4 is 53.2 Å². The average Bonchev–Trinajstić information content (AvgIpc) is 2.54. The van der Waals surface area contributed by atoms with E-state index in [1.807, 2.05) is 30.3 Å². The summed E-state index contributed by atoms with van der Waals surface area (Å²) in [7, 11) is 0. The van der Waals surface area contributed by atoms with E-state index in [1.54, 1.807) is 0 Å². The van der Waals surface area contributed by atoms with E-state index in [4.69, 9.17) is 21.4 Å². The van der Waals surface area contributed by atoms with E-state index in [0.29, 0.717) is 17.0 Å². The van der Waals surface area contributed by atoms with Crippen LogP contribution in [0.25, 0.3) is 6.08 Å². The van der Waals surface area contributed by atoms with Crippen LogP contribution in [0, 0.1) is 0 Å². The second-order valence-corrected chi connectivity index (χ2v) is 6.00. The predicted molar refractivity (Wildman–Crippen MR) is 93.9 cm³/mol. The number of aliphatic carboxylic acids is 1. The van der Waals surface area contributed by atoms with E-state index in [-0.39, 0.29) is 40.9 Å². The van der Waals surface area contributed by atoms with Crippen LogP contribution < -0.4 is 4.74 Å². The zero-order valence-electron chi connectivity index (χ0n) is 12.7. The van der Waals surface area contributed by atoms with Crippen LogP contribution in [0.5, 0.6) is 5.75 Å². The molecule has 132 valence electrons. The van der Waals surface area contributed by atoms with Crippen LogP contribution in [0.1, 0.15) is 16.7 Å². The molecule has 0 aromatic heterocycles. The number of carbonyl (C=O) groups is 1. The Morgan fingerprint density at radius 1 is 1.19 bits per heavy atom. The third kappa shape index (κ3) is 4.43. The molecule has 0 unspecified atom stereocenters. The molecule has 0 spiro atoms. The molecule has 26 heavy (non-hydrogen) atoms. The first kappa shape index (κ1) is 20.8. The molecule has 1 N–H and O–H groups in total. The minimum absolute atomic E-state index is 0. The SMILES string of the molecule is O=C(O)C1=Cc2cc(Cl)c(Cc3ccccc3)cc2O[C@H]1C(F)(F)F.[NaH]. The van der Waals surface area contributed by atoms with Gasteiger partial charge in [-0.15, -0.1) is 0 Å². The van der Waals surface area contributed by atoms with Crippen molar-refractivity contribution in [3.8, 4) is 5.75 Å². The van der Waals surface area contributed by atoms with Gasteiger partial charge in [-0.2, -0.15) is 13.2 Å². The van der Waals surface area contributed by atoms with E-state index in [9.17, 15) is 18.0 Å². The summed E-state index contributed by atoms with van der Waals surface area (Å²) >= 11 is 6.21. The number of hydrogen-bond donors (Lipinski definition) is 1. The second-order valence-electron chi connectivity index (χ2n) is 5.59. The molecule has 0 radical (unpaired) electrons. The Balaban J connectivity index is 0.00000243.